The van der Waals surface area contributed by atoms with Crippen molar-refractivity contribution in [1.82, 2.24) is 15.6 Å². The number of methoxy groups -OCH3 is 1. The molecule has 0 saturated heterocycles. The number of unbranched alkanes of at least 4 members (excludes halogenated alkanes) is 1. The Kier molecular flexibility index (Phi) is 7.61. The Morgan fingerprint density at radius 1 is 1.00 bits per heavy atom. The molecule has 0 aliphatic heterocycles. The Bertz CT molecular complexity index is 729. The Morgan fingerprint density at radius 3 is 2.19 bits per heavy atom. The van der Waals surface area contributed by atoms with Crippen LogP contribution in [0, 0.1) is 0 Å². The normalized spacial score (nSPS) is 10.2. The van der Waals surface area contributed by atoms with Gasteiger partial charge in [-0.2, -0.15) is 0 Å². The van der Waals surface area contributed by atoms with Crippen LogP contribution in [0.25, 0.3) is 0 Å². The minimum Gasteiger partial charge on any atom is -0.497 e. The summed E-state index contributed by atoms with van der Waals surface area (Å²) < 4.78 is 5.12. The summed E-state index contributed by atoms with van der Waals surface area (Å²) in [6.45, 7) is 3.18. The zero-order valence-corrected chi connectivity index (χ0v) is 15.2. The van der Waals surface area contributed by atoms with Gasteiger partial charge in [0.15, 0.2) is 0 Å². The lowest BCUT2D eigenvalue weighted by Crippen LogP contribution is -2.27. The number of nitrogens with one attached hydrogen (secondary N) is 2. The molecule has 1 aromatic carbocycles. The molecule has 0 saturated carbocycles. The molecular weight excluding hydrogens is 330 g/mol. The van der Waals surface area contributed by atoms with Crippen LogP contribution in [-0.2, 0) is 6.42 Å². The predicted molar refractivity (Wildman–Crippen MR) is 101 cm³/mol. The van der Waals surface area contributed by atoms with Crippen molar-refractivity contribution in [1.29, 1.82) is 0 Å². The van der Waals surface area contributed by atoms with Crippen LogP contribution < -0.4 is 15.4 Å². The lowest BCUT2D eigenvalue weighted by Gasteiger charge is -2.08. The minimum atomic E-state index is -0.241. The average molecular weight is 355 g/mol. The highest BCUT2D eigenvalue weighted by atomic mass is 16.5. The smallest absolute Gasteiger partial charge is 0.252 e. The van der Waals surface area contributed by atoms with Crippen LogP contribution in [0.4, 0.5) is 0 Å². The number of hydrogen-bond acceptors (Lipinski definition) is 4. The van der Waals surface area contributed by atoms with Crippen molar-refractivity contribution in [3.05, 3.63) is 59.4 Å². The van der Waals surface area contributed by atoms with Crippen LogP contribution in [0.5, 0.6) is 5.75 Å². The third-order valence-electron chi connectivity index (χ3n) is 3.94. The maximum atomic E-state index is 12.3. The maximum absolute atomic E-state index is 12.3. The number of benzene rings is 1. The fraction of sp³-hybridized carbons (Fsp3) is 0.350. The van der Waals surface area contributed by atoms with Crippen molar-refractivity contribution in [2.45, 2.75) is 26.2 Å². The standard InChI is InChI=1S/C20H25N3O3/c1-3-4-10-22-19(24)16-12-17(14-21-13-16)20(25)23-11-9-15-5-7-18(26-2)8-6-15/h5-8,12-14H,3-4,9-11H2,1-2H3,(H,22,24)(H,23,25). The molecule has 0 aliphatic rings. The van der Waals surface area contributed by atoms with Gasteiger partial charge in [-0.25, -0.2) is 0 Å². The first kappa shape index (κ1) is 19.4. The van der Waals surface area contributed by atoms with Crippen molar-refractivity contribution in [2.24, 2.45) is 0 Å². The van der Waals surface area contributed by atoms with Crippen molar-refractivity contribution in [3.8, 4) is 5.75 Å². The summed E-state index contributed by atoms with van der Waals surface area (Å²) >= 11 is 0. The number of ether oxygens (including phenoxy) is 1. The van der Waals surface area contributed by atoms with Crippen LogP contribution in [-0.4, -0.2) is 37.0 Å². The monoisotopic (exact) mass is 355 g/mol. The summed E-state index contributed by atoms with van der Waals surface area (Å²) in [7, 11) is 1.63. The summed E-state index contributed by atoms with van der Waals surface area (Å²) in [6.07, 6.45) is 5.57. The summed E-state index contributed by atoms with van der Waals surface area (Å²) in [5, 5.41) is 5.67. The van der Waals surface area contributed by atoms with E-state index in [0.29, 0.717) is 30.6 Å². The van der Waals surface area contributed by atoms with Gasteiger partial charge in [0.2, 0.25) is 0 Å². The van der Waals surface area contributed by atoms with E-state index in [1.165, 1.54) is 12.4 Å². The van der Waals surface area contributed by atoms with Gasteiger partial charge in [0.25, 0.3) is 11.8 Å². The van der Waals surface area contributed by atoms with E-state index in [1.807, 2.05) is 24.3 Å². The van der Waals surface area contributed by atoms with Gasteiger partial charge in [0, 0.05) is 25.5 Å². The second kappa shape index (κ2) is 10.2. The highest BCUT2D eigenvalue weighted by Gasteiger charge is 2.11. The Labute approximate surface area is 154 Å². The highest BCUT2D eigenvalue weighted by Crippen LogP contribution is 2.11. The van der Waals surface area contributed by atoms with Crippen molar-refractivity contribution in [3.63, 3.8) is 0 Å². The number of carbonyl (C=O) groups excluding carboxylic acids is 2. The molecule has 2 N–H and O–H groups in total. The lowest BCUT2D eigenvalue weighted by atomic mass is 10.1. The molecule has 0 spiro atoms. The lowest BCUT2D eigenvalue weighted by molar-refractivity contribution is 0.0952. The molecule has 0 radical (unpaired) electrons. The van der Waals surface area contributed by atoms with Gasteiger partial charge in [0.05, 0.1) is 18.2 Å². The number of carbonyl (C=O) groups is 2. The van der Waals surface area contributed by atoms with E-state index in [1.54, 1.807) is 13.2 Å². The summed E-state index contributed by atoms with van der Waals surface area (Å²) in [6, 6.07) is 9.28. The fourth-order valence-corrected chi connectivity index (χ4v) is 2.38. The van der Waals surface area contributed by atoms with Crippen molar-refractivity contribution < 1.29 is 14.3 Å². The van der Waals surface area contributed by atoms with Crippen LogP contribution in [0.3, 0.4) is 0 Å². The molecular formula is C20H25N3O3. The van der Waals surface area contributed by atoms with E-state index in [0.717, 1.165) is 24.2 Å². The molecule has 2 aromatic rings. The van der Waals surface area contributed by atoms with Crippen LogP contribution >= 0.6 is 0 Å². The van der Waals surface area contributed by atoms with E-state index in [2.05, 4.69) is 22.5 Å². The van der Waals surface area contributed by atoms with E-state index < -0.39 is 0 Å². The average Bonchev–Trinajstić information content (AvgIpc) is 2.68. The molecule has 2 rings (SSSR count). The second-order valence-electron chi connectivity index (χ2n) is 5.93. The first-order valence-corrected chi connectivity index (χ1v) is 8.78. The van der Waals surface area contributed by atoms with E-state index >= 15 is 0 Å². The second-order valence-corrected chi connectivity index (χ2v) is 5.93. The number of hydrogen-bond donors (Lipinski definition) is 2. The molecule has 2 amide bonds. The fourth-order valence-electron chi connectivity index (χ4n) is 2.38. The van der Waals surface area contributed by atoms with E-state index in [4.69, 9.17) is 4.74 Å². The van der Waals surface area contributed by atoms with Crippen molar-refractivity contribution in [2.75, 3.05) is 20.2 Å². The van der Waals surface area contributed by atoms with E-state index in [-0.39, 0.29) is 11.8 Å². The van der Waals surface area contributed by atoms with Crippen LogP contribution in [0.1, 0.15) is 46.0 Å². The number of amides is 2. The third kappa shape index (κ3) is 5.88. The quantitative estimate of drug-likeness (QED) is 0.678. The number of nitrogens with zero attached hydrogens (tertiary/aromatic N) is 1. The molecule has 26 heavy (non-hydrogen) atoms. The molecule has 0 aliphatic carbocycles. The summed E-state index contributed by atoms with van der Waals surface area (Å²) in [5.74, 6) is 0.353. The molecule has 6 nitrogen and oxygen atoms in total. The minimum absolute atomic E-state index is 0.209. The zero-order valence-electron chi connectivity index (χ0n) is 15.2. The third-order valence-corrected chi connectivity index (χ3v) is 3.94. The molecule has 0 unspecified atom stereocenters. The molecule has 138 valence electrons. The first-order chi connectivity index (χ1) is 12.6. The first-order valence-electron chi connectivity index (χ1n) is 8.78. The van der Waals surface area contributed by atoms with Crippen LogP contribution in [0.2, 0.25) is 0 Å². The number of aromatic nitrogens is 1. The van der Waals surface area contributed by atoms with Gasteiger partial charge >= 0.3 is 0 Å². The molecule has 0 atom stereocenters. The topological polar surface area (TPSA) is 80.3 Å². The SMILES string of the molecule is CCCCNC(=O)c1cncc(C(=O)NCCc2ccc(OC)cc2)c1. The predicted octanol–water partition coefficient (Wildman–Crippen LogP) is 2.59. The zero-order chi connectivity index (χ0) is 18.8. The van der Waals surface area contributed by atoms with Gasteiger partial charge in [-0.05, 0) is 36.6 Å². The van der Waals surface area contributed by atoms with Gasteiger partial charge in [0.1, 0.15) is 5.75 Å². The number of rotatable bonds is 9. The number of pyridine rings is 1. The van der Waals surface area contributed by atoms with Gasteiger partial charge in [-0.15, -0.1) is 0 Å². The summed E-state index contributed by atoms with van der Waals surface area (Å²) in [5.41, 5.74) is 1.88. The molecule has 0 fully saturated rings. The van der Waals surface area contributed by atoms with Gasteiger partial charge in [-0.3, -0.25) is 14.6 Å². The van der Waals surface area contributed by atoms with Gasteiger partial charge < -0.3 is 15.4 Å². The van der Waals surface area contributed by atoms with Crippen molar-refractivity contribution >= 4 is 11.8 Å². The molecule has 0 bridgehead atoms. The van der Waals surface area contributed by atoms with Crippen LogP contribution in [0.15, 0.2) is 42.7 Å². The van der Waals surface area contributed by atoms with Gasteiger partial charge in [-0.1, -0.05) is 25.5 Å². The van der Waals surface area contributed by atoms with E-state index in [9.17, 15) is 9.59 Å². The Hall–Kier alpha value is -2.89. The highest BCUT2D eigenvalue weighted by molar-refractivity contribution is 5.99. The molecule has 1 aromatic heterocycles. The Morgan fingerprint density at radius 2 is 1.62 bits per heavy atom. The molecule has 6 heteroatoms. The molecule has 1 heterocycles. The largest absolute Gasteiger partial charge is 0.497 e. The summed E-state index contributed by atoms with van der Waals surface area (Å²) in [4.78, 5) is 28.3. The Balaban J connectivity index is 1.86. The maximum Gasteiger partial charge on any atom is 0.252 e.